The molecule has 0 radical (unpaired) electrons. The molecule has 0 unspecified atom stereocenters. The van der Waals surface area contributed by atoms with Crippen LogP contribution in [0.15, 0.2) is 59.2 Å². The van der Waals surface area contributed by atoms with Gasteiger partial charge in [0, 0.05) is 27.1 Å². The van der Waals surface area contributed by atoms with Crippen LogP contribution in [0.25, 0.3) is 10.9 Å². The van der Waals surface area contributed by atoms with Crippen LogP contribution >= 0.6 is 15.9 Å². The Morgan fingerprint density at radius 3 is 2.76 bits per heavy atom. The van der Waals surface area contributed by atoms with Gasteiger partial charge in [0.1, 0.15) is 0 Å². The number of carbonyl (C=O) groups is 1. The molecule has 0 N–H and O–H groups in total. The van der Waals surface area contributed by atoms with Gasteiger partial charge in [0.25, 0.3) is 0 Å². The highest BCUT2D eigenvalue weighted by Crippen LogP contribution is 2.20. The van der Waals surface area contributed by atoms with Gasteiger partial charge in [-0.3, -0.25) is 4.79 Å². The number of nitrogens with zero attached hydrogens (tertiary/aromatic N) is 2. The van der Waals surface area contributed by atoms with E-state index in [0.717, 1.165) is 15.4 Å². The van der Waals surface area contributed by atoms with Gasteiger partial charge in [-0.2, -0.15) is 5.26 Å². The summed E-state index contributed by atoms with van der Waals surface area (Å²) in [5, 5.41) is 9.98. The lowest BCUT2D eigenvalue weighted by molar-refractivity contribution is 0.0973. The van der Waals surface area contributed by atoms with Crippen molar-refractivity contribution in [3.05, 3.63) is 70.3 Å². The van der Waals surface area contributed by atoms with Gasteiger partial charge in [-0.1, -0.05) is 34.1 Å². The zero-order valence-electron chi connectivity index (χ0n) is 11.1. The topological polar surface area (TPSA) is 45.8 Å². The summed E-state index contributed by atoms with van der Waals surface area (Å²) in [7, 11) is 0. The number of nitriles is 1. The maximum Gasteiger partial charge on any atom is 0.182 e. The molecule has 21 heavy (non-hydrogen) atoms. The smallest absolute Gasteiger partial charge is 0.182 e. The maximum atomic E-state index is 12.4. The summed E-state index contributed by atoms with van der Waals surface area (Å²) in [6.07, 6.45) is 1.85. The minimum Gasteiger partial charge on any atom is -0.340 e. The lowest BCUT2D eigenvalue weighted by Crippen LogP contribution is -2.09. The molecule has 0 saturated carbocycles. The van der Waals surface area contributed by atoms with Gasteiger partial charge >= 0.3 is 0 Å². The standard InChI is InChI=1S/C17H11BrN2O/c18-14-5-1-3-12(9-14)17(21)11-20-8-7-15-13(10-19)4-2-6-16(15)20/h1-9H,11H2. The number of halogens is 1. The van der Waals surface area contributed by atoms with E-state index in [9.17, 15) is 4.79 Å². The van der Waals surface area contributed by atoms with Crippen LogP contribution in [-0.2, 0) is 6.54 Å². The molecule has 0 atom stereocenters. The second-order valence-corrected chi connectivity index (χ2v) is 5.64. The number of hydrogen-bond donors (Lipinski definition) is 0. The third-order valence-corrected chi connectivity index (χ3v) is 3.89. The second kappa shape index (κ2) is 5.55. The molecular formula is C17H11BrN2O. The number of Topliss-reactive ketones (excluding diaryl/α,β-unsaturated/α-hetero) is 1. The van der Waals surface area contributed by atoms with Crippen LogP contribution < -0.4 is 0 Å². The molecule has 0 saturated heterocycles. The Kier molecular flexibility index (Phi) is 3.59. The summed E-state index contributed by atoms with van der Waals surface area (Å²) < 4.78 is 2.76. The van der Waals surface area contributed by atoms with Crippen molar-refractivity contribution in [3.63, 3.8) is 0 Å². The van der Waals surface area contributed by atoms with Crippen LogP contribution in [0.1, 0.15) is 15.9 Å². The van der Waals surface area contributed by atoms with Crippen molar-refractivity contribution < 1.29 is 4.79 Å². The summed E-state index contributed by atoms with van der Waals surface area (Å²) in [6.45, 7) is 0.259. The molecule has 3 rings (SSSR count). The highest BCUT2D eigenvalue weighted by Gasteiger charge is 2.10. The Morgan fingerprint density at radius 1 is 1.19 bits per heavy atom. The molecule has 0 amide bonds. The average molecular weight is 339 g/mol. The van der Waals surface area contributed by atoms with Gasteiger partial charge < -0.3 is 4.57 Å². The van der Waals surface area contributed by atoms with Crippen LogP contribution in [0.5, 0.6) is 0 Å². The summed E-state index contributed by atoms with van der Waals surface area (Å²) in [6, 6.07) is 16.9. The SMILES string of the molecule is N#Cc1cccc2c1ccn2CC(=O)c1cccc(Br)c1. The van der Waals surface area contributed by atoms with Gasteiger partial charge in [-0.15, -0.1) is 0 Å². The zero-order chi connectivity index (χ0) is 14.8. The molecule has 102 valence electrons. The van der Waals surface area contributed by atoms with E-state index in [1.165, 1.54) is 0 Å². The number of carbonyl (C=O) groups excluding carboxylic acids is 1. The lowest BCUT2D eigenvalue weighted by atomic mass is 10.1. The Labute approximate surface area is 130 Å². The van der Waals surface area contributed by atoms with E-state index in [4.69, 9.17) is 5.26 Å². The number of fused-ring (bicyclic) bond motifs is 1. The van der Waals surface area contributed by atoms with Gasteiger partial charge in [-0.05, 0) is 30.3 Å². The van der Waals surface area contributed by atoms with Gasteiger partial charge in [0.05, 0.1) is 18.2 Å². The first-order valence-electron chi connectivity index (χ1n) is 6.46. The van der Waals surface area contributed by atoms with Crippen LogP contribution in [-0.4, -0.2) is 10.4 Å². The molecule has 0 aliphatic heterocycles. The van der Waals surface area contributed by atoms with E-state index in [2.05, 4.69) is 22.0 Å². The quantitative estimate of drug-likeness (QED) is 0.673. The second-order valence-electron chi connectivity index (χ2n) is 4.73. The van der Waals surface area contributed by atoms with Crippen molar-refractivity contribution in [1.29, 1.82) is 5.26 Å². The predicted octanol–water partition coefficient (Wildman–Crippen LogP) is 4.16. The van der Waals surface area contributed by atoms with E-state index in [1.807, 2.05) is 47.2 Å². The van der Waals surface area contributed by atoms with Crippen molar-refractivity contribution in [2.75, 3.05) is 0 Å². The van der Waals surface area contributed by atoms with Crippen molar-refractivity contribution in [2.45, 2.75) is 6.54 Å². The highest BCUT2D eigenvalue weighted by molar-refractivity contribution is 9.10. The van der Waals surface area contributed by atoms with E-state index < -0.39 is 0 Å². The number of hydrogen-bond acceptors (Lipinski definition) is 2. The fourth-order valence-corrected chi connectivity index (χ4v) is 2.77. The molecule has 1 heterocycles. The average Bonchev–Trinajstić information content (AvgIpc) is 2.90. The summed E-state index contributed by atoms with van der Waals surface area (Å²) in [4.78, 5) is 12.4. The Hall–Kier alpha value is -2.38. The van der Waals surface area contributed by atoms with E-state index in [0.29, 0.717) is 11.1 Å². The molecule has 1 aromatic heterocycles. The summed E-state index contributed by atoms with van der Waals surface area (Å²) in [5.41, 5.74) is 2.20. The zero-order valence-corrected chi connectivity index (χ0v) is 12.7. The fourth-order valence-electron chi connectivity index (χ4n) is 2.37. The van der Waals surface area contributed by atoms with Gasteiger partial charge in [0.2, 0.25) is 0 Å². The lowest BCUT2D eigenvalue weighted by Gasteiger charge is -2.05. The molecular weight excluding hydrogens is 328 g/mol. The van der Waals surface area contributed by atoms with Crippen molar-refractivity contribution >= 4 is 32.6 Å². The van der Waals surface area contributed by atoms with Crippen LogP contribution in [0.3, 0.4) is 0 Å². The molecule has 3 aromatic rings. The van der Waals surface area contributed by atoms with Crippen molar-refractivity contribution in [3.8, 4) is 6.07 Å². The molecule has 4 heteroatoms. The third kappa shape index (κ3) is 2.61. The number of aromatic nitrogens is 1. The monoisotopic (exact) mass is 338 g/mol. The van der Waals surface area contributed by atoms with Crippen LogP contribution in [0, 0.1) is 11.3 Å². The van der Waals surface area contributed by atoms with E-state index in [1.54, 1.807) is 12.1 Å². The summed E-state index contributed by atoms with van der Waals surface area (Å²) >= 11 is 3.37. The molecule has 3 nitrogen and oxygen atoms in total. The molecule has 0 bridgehead atoms. The summed E-state index contributed by atoms with van der Waals surface area (Å²) in [5.74, 6) is 0.0381. The number of rotatable bonds is 3. The predicted molar refractivity (Wildman–Crippen MR) is 85.1 cm³/mol. The Bertz CT molecular complexity index is 874. The minimum absolute atomic E-state index is 0.0381. The first kappa shape index (κ1) is 13.6. The normalized spacial score (nSPS) is 10.5. The Balaban J connectivity index is 1.96. The Morgan fingerprint density at radius 2 is 2.00 bits per heavy atom. The largest absolute Gasteiger partial charge is 0.340 e. The van der Waals surface area contributed by atoms with E-state index >= 15 is 0 Å². The number of benzene rings is 2. The maximum absolute atomic E-state index is 12.4. The van der Waals surface area contributed by atoms with Crippen molar-refractivity contribution in [2.24, 2.45) is 0 Å². The highest BCUT2D eigenvalue weighted by atomic mass is 79.9. The minimum atomic E-state index is 0.0381. The van der Waals surface area contributed by atoms with E-state index in [-0.39, 0.29) is 12.3 Å². The molecule has 0 spiro atoms. The third-order valence-electron chi connectivity index (χ3n) is 3.39. The number of ketones is 1. The first-order chi connectivity index (χ1) is 10.2. The molecule has 2 aromatic carbocycles. The molecule has 0 aliphatic rings. The fraction of sp³-hybridized carbons (Fsp3) is 0.0588. The first-order valence-corrected chi connectivity index (χ1v) is 7.25. The van der Waals surface area contributed by atoms with Gasteiger partial charge in [0.15, 0.2) is 5.78 Å². The van der Waals surface area contributed by atoms with Crippen LogP contribution in [0.2, 0.25) is 0 Å². The van der Waals surface area contributed by atoms with Gasteiger partial charge in [-0.25, -0.2) is 0 Å². The van der Waals surface area contributed by atoms with Crippen LogP contribution in [0.4, 0.5) is 0 Å². The molecule has 0 fully saturated rings. The molecule has 0 aliphatic carbocycles. The van der Waals surface area contributed by atoms with Crippen molar-refractivity contribution in [1.82, 2.24) is 4.57 Å².